The molecule has 1 saturated heterocycles. The number of halogens is 2. The van der Waals surface area contributed by atoms with Gasteiger partial charge in [-0.2, -0.15) is 0 Å². The molecule has 1 fully saturated rings. The zero-order valence-corrected chi connectivity index (χ0v) is 17.5. The molecule has 2 aromatic carbocycles. The molecule has 162 valence electrons. The van der Waals surface area contributed by atoms with Crippen LogP contribution in [-0.2, 0) is 13.1 Å². The summed E-state index contributed by atoms with van der Waals surface area (Å²) in [5, 5.41) is 6.32. The van der Waals surface area contributed by atoms with Crippen LogP contribution < -0.4 is 15.4 Å². The Hall–Kier alpha value is -2.67. The second kappa shape index (κ2) is 10.4. The van der Waals surface area contributed by atoms with Crippen molar-refractivity contribution in [2.24, 2.45) is 0 Å². The summed E-state index contributed by atoms with van der Waals surface area (Å²) in [4.78, 5) is 14.5. The van der Waals surface area contributed by atoms with Crippen molar-refractivity contribution in [1.82, 2.24) is 15.5 Å². The molecule has 1 aliphatic rings. The minimum Gasteiger partial charge on any atom is -0.491 e. The third-order valence-corrected chi connectivity index (χ3v) is 5.00. The number of nitrogens with one attached hydrogen (secondary N) is 2. The maximum absolute atomic E-state index is 14.2. The molecule has 0 bridgehead atoms. The van der Waals surface area contributed by atoms with E-state index in [1.807, 2.05) is 38.1 Å². The van der Waals surface area contributed by atoms with E-state index in [2.05, 4.69) is 10.6 Å². The number of benzene rings is 2. The highest BCUT2D eigenvalue weighted by Gasteiger charge is 2.21. The Labute approximate surface area is 176 Å². The molecule has 0 unspecified atom stereocenters. The summed E-state index contributed by atoms with van der Waals surface area (Å²) in [6.07, 6.45) is 1.78. The molecule has 30 heavy (non-hydrogen) atoms. The SMILES string of the molecule is CC(C)Oc1ccc(CN(Cc2ccc(F)cc2F)C(=O)NC2CCNCC2)cc1. The zero-order chi connectivity index (χ0) is 21.5. The quantitative estimate of drug-likeness (QED) is 0.709. The molecule has 2 aromatic rings. The summed E-state index contributed by atoms with van der Waals surface area (Å²) in [7, 11) is 0. The van der Waals surface area contributed by atoms with E-state index in [0.29, 0.717) is 6.54 Å². The molecule has 0 aromatic heterocycles. The highest BCUT2D eigenvalue weighted by molar-refractivity contribution is 5.74. The number of piperidine rings is 1. The summed E-state index contributed by atoms with van der Waals surface area (Å²) in [5.41, 5.74) is 1.17. The Morgan fingerprint density at radius 2 is 1.83 bits per heavy atom. The molecule has 0 radical (unpaired) electrons. The number of hydrogen-bond donors (Lipinski definition) is 2. The van der Waals surface area contributed by atoms with Gasteiger partial charge in [-0.05, 0) is 63.5 Å². The van der Waals surface area contributed by atoms with Crippen molar-refractivity contribution >= 4 is 6.03 Å². The molecule has 2 amide bonds. The van der Waals surface area contributed by atoms with Crippen molar-refractivity contribution in [3.05, 3.63) is 65.2 Å². The Bertz CT molecular complexity index is 837. The molecule has 1 heterocycles. The first-order valence-corrected chi connectivity index (χ1v) is 10.4. The van der Waals surface area contributed by atoms with Gasteiger partial charge >= 0.3 is 6.03 Å². The van der Waals surface area contributed by atoms with Gasteiger partial charge in [0.1, 0.15) is 17.4 Å². The van der Waals surface area contributed by atoms with Crippen molar-refractivity contribution in [3.8, 4) is 5.75 Å². The van der Waals surface area contributed by atoms with Crippen LogP contribution in [0.2, 0.25) is 0 Å². The first-order chi connectivity index (χ1) is 14.4. The van der Waals surface area contributed by atoms with Crippen LogP contribution in [0.1, 0.15) is 37.8 Å². The first kappa shape index (κ1) is 22.0. The van der Waals surface area contributed by atoms with Crippen LogP contribution in [0.15, 0.2) is 42.5 Å². The third-order valence-electron chi connectivity index (χ3n) is 5.00. The van der Waals surface area contributed by atoms with Crippen molar-refractivity contribution < 1.29 is 18.3 Å². The molecule has 3 rings (SSSR count). The highest BCUT2D eigenvalue weighted by Crippen LogP contribution is 2.18. The van der Waals surface area contributed by atoms with Gasteiger partial charge in [0, 0.05) is 24.2 Å². The lowest BCUT2D eigenvalue weighted by atomic mass is 10.1. The fraction of sp³-hybridized carbons (Fsp3) is 0.435. The number of carbonyl (C=O) groups excluding carboxylic acids is 1. The van der Waals surface area contributed by atoms with Gasteiger partial charge < -0.3 is 20.3 Å². The van der Waals surface area contributed by atoms with Crippen molar-refractivity contribution in [2.75, 3.05) is 13.1 Å². The predicted molar refractivity (Wildman–Crippen MR) is 112 cm³/mol. The summed E-state index contributed by atoms with van der Waals surface area (Å²) in [6, 6.07) is 10.8. The maximum Gasteiger partial charge on any atom is 0.318 e. The average Bonchev–Trinajstić information content (AvgIpc) is 2.71. The fourth-order valence-corrected chi connectivity index (χ4v) is 3.45. The number of carbonyl (C=O) groups is 1. The number of urea groups is 1. The van der Waals surface area contributed by atoms with E-state index < -0.39 is 11.6 Å². The number of hydrogen-bond acceptors (Lipinski definition) is 3. The number of nitrogens with zero attached hydrogens (tertiary/aromatic N) is 1. The largest absolute Gasteiger partial charge is 0.491 e. The molecular formula is C23H29F2N3O2. The first-order valence-electron chi connectivity index (χ1n) is 10.4. The van der Waals surface area contributed by atoms with Gasteiger partial charge in [0.15, 0.2) is 0 Å². The van der Waals surface area contributed by atoms with E-state index in [4.69, 9.17) is 4.74 Å². The minimum atomic E-state index is -0.657. The molecule has 1 aliphatic heterocycles. The Balaban J connectivity index is 1.74. The lowest BCUT2D eigenvalue weighted by Crippen LogP contribution is -2.48. The van der Waals surface area contributed by atoms with E-state index in [1.54, 1.807) is 4.90 Å². The van der Waals surface area contributed by atoms with Gasteiger partial charge in [0.05, 0.1) is 12.6 Å². The molecule has 0 atom stereocenters. The van der Waals surface area contributed by atoms with Gasteiger partial charge in [-0.25, -0.2) is 13.6 Å². The van der Waals surface area contributed by atoms with Crippen molar-refractivity contribution in [1.29, 1.82) is 0 Å². The van der Waals surface area contributed by atoms with Gasteiger partial charge in [-0.3, -0.25) is 0 Å². The number of rotatable bonds is 7. The van der Waals surface area contributed by atoms with Crippen LogP contribution >= 0.6 is 0 Å². The fourth-order valence-electron chi connectivity index (χ4n) is 3.45. The van der Waals surface area contributed by atoms with E-state index >= 15 is 0 Å². The summed E-state index contributed by atoms with van der Waals surface area (Å²) in [5.74, 6) is -0.540. The second-order valence-electron chi connectivity index (χ2n) is 7.88. The lowest BCUT2D eigenvalue weighted by molar-refractivity contribution is 0.184. The van der Waals surface area contributed by atoms with E-state index in [0.717, 1.165) is 43.3 Å². The molecule has 5 nitrogen and oxygen atoms in total. The lowest BCUT2D eigenvalue weighted by Gasteiger charge is -2.29. The minimum absolute atomic E-state index is 0.0488. The standard InChI is InChI=1S/C23H29F2N3O2/c1-16(2)30-21-7-3-17(4-8-21)14-28(15-18-5-6-19(24)13-22(18)25)23(29)27-20-9-11-26-12-10-20/h3-8,13,16,20,26H,9-12,14-15H2,1-2H3,(H,27,29). The van der Waals surface area contributed by atoms with E-state index in [1.165, 1.54) is 12.1 Å². The number of ether oxygens (including phenoxy) is 1. The van der Waals surface area contributed by atoms with Gasteiger partial charge in [0.25, 0.3) is 0 Å². The predicted octanol–water partition coefficient (Wildman–Crippen LogP) is 4.22. The second-order valence-corrected chi connectivity index (χ2v) is 7.88. The normalized spacial score (nSPS) is 14.6. The summed E-state index contributed by atoms with van der Waals surface area (Å²) >= 11 is 0. The average molecular weight is 418 g/mol. The Morgan fingerprint density at radius 1 is 1.13 bits per heavy atom. The molecule has 0 saturated carbocycles. The molecule has 7 heteroatoms. The zero-order valence-electron chi connectivity index (χ0n) is 17.5. The Kier molecular flexibility index (Phi) is 7.63. The topological polar surface area (TPSA) is 53.6 Å². The molecule has 2 N–H and O–H groups in total. The van der Waals surface area contributed by atoms with Crippen LogP contribution in [0.25, 0.3) is 0 Å². The van der Waals surface area contributed by atoms with Gasteiger partial charge in [0.2, 0.25) is 0 Å². The maximum atomic E-state index is 14.2. The van der Waals surface area contributed by atoms with Crippen LogP contribution in [0.5, 0.6) is 5.75 Å². The highest BCUT2D eigenvalue weighted by atomic mass is 19.1. The number of amides is 2. The monoisotopic (exact) mass is 417 g/mol. The third kappa shape index (κ3) is 6.42. The summed E-state index contributed by atoms with van der Waals surface area (Å²) in [6.45, 7) is 5.97. The van der Waals surface area contributed by atoms with Crippen LogP contribution in [-0.4, -0.2) is 36.2 Å². The van der Waals surface area contributed by atoms with Gasteiger partial charge in [-0.15, -0.1) is 0 Å². The van der Waals surface area contributed by atoms with Crippen LogP contribution in [0, 0.1) is 11.6 Å². The van der Waals surface area contributed by atoms with Crippen LogP contribution in [0.3, 0.4) is 0 Å². The smallest absolute Gasteiger partial charge is 0.318 e. The van der Waals surface area contributed by atoms with E-state index in [9.17, 15) is 13.6 Å². The Morgan fingerprint density at radius 3 is 2.47 bits per heavy atom. The van der Waals surface area contributed by atoms with Crippen molar-refractivity contribution in [2.45, 2.75) is 51.9 Å². The molecule has 0 spiro atoms. The van der Waals surface area contributed by atoms with Crippen LogP contribution in [0.4, 0.5) is 13.6 Å². The molecular weight excluding hydrogens is 388 g/mol. The van der Waals surface area contributed by atoms with Gasteiger partial charge in [-0.1, -0.05) is 18.2 Å². The van der Waals surface area contributed by atoms with E-state index in [-0.39, 0.29) is 30.3 Å². The van der Waals surface area contributed by atoms with Crippen molar-refractivity contribution in [3.63, 3.8) is 0 Å². The molecule has 0 aliphatic carbocycles. The summed E-state index contributed by atoms with van der Waals surface area (Å²) < 4.78 is 33.2.